The molecule has 0 aliphatic carbocycles. The number of benzene rings is 2. The van der Waals surface area contributed by atoms with E-state index in [4.69, 9.17) is 0 Å². The Morgan fingerprint density at radius 3 is 2.54 bits per heavy atom. The third-order valence-corrected chi connectivity index (χ3v) is 4.02. The Balaban J connectivity index is 2.00. The van der Waals surface area contributed by atoms with Crippen LogP contribution in [0.2, 0.25) is 0 Å². The van der Waals surface area contributed by atoms with E-state index in [1.54, 1.807) is 19.1 Å². The van der Waals surface area contributed by atoms with E-state index in [0.717, 1.165) is 10.0 Å². The molecule has 0 unspecified atom stereocenters. The molecule has 126 valence electrons. The lowest BCUT2D eigenvalue weighted by molar-refractivity contribution is -0.384. The molecule has 2 aromatic carbocycles. The summed E-state index contributed by atoms with van der Waals surface area (Å²) in [7, 11) is 1.83. The predicted octanol–water partition coefficient (Wildman–Crippen LogP) is 3.74. The second-order valence-electron chi connectivity index (χ2n) is 5.57. The topological polar surface area (TPSA) is 75.5 Å². The van der Waals surface area contributed by atoms with E-state index in [1.165, 1.54) is 6.07 Å². The van der Waals surface area contributed by atoms with Crippen molar-refractivity contribution in [2.75, 3.05) is 18.9 Å². The molecule has 1 amide bonds. The molecule has 1 N–H and O–H groups in total. The number of hydrogen-bond donors (Lipinski definition) is 1. The van der Waals surface area contributed by atoms with E-state index in [1.807, 2.05) is 36.2 Å². The Hall–Kier alpha value is -2.25. The summed E-state index contributed by atoms with van der Waals surface area (Å²) in [6.07, 6.45) is 0. The van der Waals surface area contributed by atoms with Crippen molar-refractivity contribution in [1.29, 1.82) is 0 Å². The van der Waals surface area contributed by atoms with Crippen molar-refractivity contribution in [3.05, 3.63) is 68.2 Å². The van der Waals surface area contributed by atoms with Crippen LogP contribution in [0, 0.1) is 17.0 Å². The van der Waals surface area contributed by atoms with Crippen LogP contribution in [0.1, 0.15) is 11.1 Å². The van der Waals surface area contributed by atoms with Gasteiger partial charge in [0.15, 0.2) is 0 Å². The van der Waals surface area contributed by atoms with Gasteiger partial charge in [0.1, 0.15) is 5.69 Å². The van der Waals surface area contributed by atoms with E-state index in [0.29, 0.717) is 12.1 Å². The zero-order valence-corrected chi connectivity index (χ0v) is 15.0. The zero-order chi connectivity index (χ0) is 17.7. The molecule has 0 radical (unpaired) electrons. The number of anilines is 1. The van der Waals surface area contributed by atoms with Gasteiger partial charge in [0.05, 0.1) is 11.5 Å². The van der Waals surface area contributed by atoms with E-state index in [-0.39, 0.29) is 23.8 Å². The number of hydrogen-bond acceptors (Lipinski definition) is 4. The van der Waals surface area contributed by atoms with E-state index in [9.17, 15) is 14.9 Å². The first-order valence-electron chi connectivity index (χ1n) is 7.33. The van der Waals surface area contributed by atoms with Gasteiger partial charge in [-0.2, -0.15) is 0 Å². The third kappa shape index (κ3) is 4.87. The van der Waals surface area contributed by atoms with Gasteiger partial charge in [-0.15, -0.1) is 0 Å². The monoisotopic (exact) mass is 391 g/mol. The van der Waals surface area contributed by atoms with Crippen LogP contribution < -0.4 is 5.32 Å². The minimum Gasteiger partial charge on any atom is -0.319 e. The lowest BCUT2D eigenvalue weighted by Crippen LogP contribution is -2.30. The van der Waals surface area contributed by atoms with Crippen LogP contribution >= 0.6 is 15.9 Å². The SMILES string of the molecule is Cc1cccc([N+](=O)[O-])c1NC(=O)CN(C)Cc1ccc(Br)cc1. The number of nitro groups is 1. The van der Waals surface area contributed by atoms with Crippen molar-refractivity contribution < 1.29 is 9.72 Å². The molecular formula is C17H18BrN3O3. The summed E-state index contributed by atoms with van der Waals surface area (Å²) in [5.74, 6) is -0.285. The molecule has 2 rings (SSSR count). The van der Waals surface area contributed by atoms with Crippen molar-refractivity contribution in [3.8, 4) is 0 Å². The number of carbonyl (C=O) groups is 1. The summed E-state index contributed by atoms with van der Waals surface area (Å²) >= 11 is 3.38. The van der Waals surface area contributed by atoms with Crippen LogP contribution in [0.4, 0.5) is 11.4 Å². The van der Waals surface area contributed by atoms with Gasteiger partial charge >= 0.3 is 0 Å². The minimum atomic E-state index is -0.492. The van der Waals surface area contributed by atoms with Crippen LogP contribution in [-0.2, 0) is 11.3 Å². The number of rotatable bonds is 6. The highest BCUT2D eigenvalue weighted by Crippen LogP contribution is 2.27. The molecular weight excluding hydrogens is 374 g/mol. The van der Waals surface area contributed by atoms with Gasteiger partial charge in [-0.3, -0.25) is 19.8 Å². The molecule has 0 atom stereocenters. The van der Waals surface area contributed by atoms with Crippen LogP contribution in [-0.4, -0.2) is 29.3 Å². The van der Waals surface area contributed by atoms with Gasteiger partial charge in [0.25, 0.3) is 5.69 Å². The number of aryl methyl sites for hydroxylation is 1. The average Bonchev–Trinajstić information content (AvgIpc) is 2.51. The zero-order valence-electron chi connectivity index (χ0n) is 13.5. The van der Waals surface area contributed by atoms with Crippen LogP contribution in [0.5, 0.6) is 0 Å². The van der Waals surface area contributed by atoms with Crippen LogP contribution in [0.15, 0.2) is 46.9 Å². The second kappa shape index (κ2) is 8.03. The number of nitro benzene ring substituents is 1. The maximum absolute atomic E-state index is 12.2. The summed E-state index contributed by atoms with van der Waals surface area (Å²) in [5.41, 5.74) is 1.90. The van der Waals surface area contributed by atoms with E-state index < -0.39 is 4.92 Å². The van der Waals surface area contributed by atoms with E-state index in [2.05, 4.69) is 21.2 Å². The number of halogens is 1. The summed E-state index contributed by atoms with van der Waals surface area (Å²) in [5, 5.41) is 13.7. The predicted molar refractivity (Wildman–Crippen MR) is 96.9 cm³/mol. The van der Waals surface area contributed by atoms with Gasteiger partial charge in [0.2, 0.25) is 5.91 Å². The fraction of sp³-hybridized carbons (Fsp3) is 0.235. The normalized spacial score (nSPS) is 10.7. The summed E-state index contributed by atoms with van der Waals surface area (Å²) in [6.45, 7) is 2.48. The number of para-hydroxylation sites is 1. The molecule has 24 heavy (non-hydrogen) atoms. The first-order valence-corrected chi connectivity index (χ1v) is 8.13. The molecule has 7 heteroatoms. The quantitative estimate of drug-likeness (QED) is 0.600. The summed E-state index contributed by atoms with van der Waals surface area (Å²) in [6, 6.07) is 12.6. The molecule has 0 spiro atoms. The highest BCUT2D eigenvalue weighted by Gasteiger charge is 2.18. The Morgan fingerprint density at radius 1 is 1.25 bits per heavy atom. The molecule has 6 nitrogen and oxygen atoms in total. The van der Waals surface area contributed by atoms with Crippen molar-refractivity contribution in [1.82, 2.24) is 4.90 Å². The molecule has 0 saturated carbocycles. The number of nitrogens with one attached hydrogen (secondary N) is 1. The summed E-state index contributed by atoms with van der Waals surface area (Å²) < 4.78 is 0.999. The standard InChI is InChI=1S/C17H18BrN3O3/c1-12-4-3-5-15(21(23)24)17(12)19-16(22)11-20(2)10-13-6-8-14(18)9-7-13/h3-9H,10-11H2,1-2H3,(H,19,22). The van der Waals surface area contributed by atoms with E-state index >= 15 is 0 Å². The molecule has 0 bridgehead atoms. The molecule has 2 aromatic rings. The Morgan fingerprint density at radius 2 is 1.92 bits per heavy atom. The molecule has 0 saturated heterocycles. The van der Waals surface area contributed by atoms with Crippen molar-refractivity contribution in [3.63, 3.8) is 0 Å². The second-order valence-corrected chi connectivity index (χ2v) is 6.49. The molecule has 0 heterocycles. The van der Waals surface area contributed by atoms with Gasteiger partial charge in [-0.05, 0) is 37.2 Å². The van der Waals surface area contributed by atoms with Gasteiger partial charge < -0.3 is 5.32 Å². The fourth-order valence-electron chi connectivity index (χ4n) is 2.35. The van der Waals surface area contributed by atoms with Crippen LogP contribution in [0.25, 0.3) is 0 Å². The molecule has 0 aromatic heterocycles. The Labute approximate surface area is 148 Å². The largest absolute Gasteiger partial charge is 0.319 e. The lowest BCUT2D eigenvalue weighted by atomic mass is 10.1. The third-order valence-electron chi connectivity index (χ3n) is 3.49. The number of carbonyl (C=O) groups excluding carboxylic acids is 1. The highest BCUT2D eigenvalue weighted by atomic mass is 79.9. The summed E-state index contributed by atoms with van der Waals surface area (Å²) in [4.78, 5) is 24.7. The molecule has 0 aliphatic heterocycles. The minimum absolute atomic E-state index is 0.0982. The molecule has 0 fully saturated rings. The fourth-order valence-corrected chi connectivity index (χ4v) is 2.61. The first kappa shape index (κ1) is 18.1. The Kier molecular flexibility index (Phi) is 6.05. The smallest absolute Gasteiger partial charge is 0.293 e. The first-order chi connectivity index (χ1) is 11.4. The van der Waals surface area contributed by atoms with Gasteiger partial charge in [0, 0.05) is 17.1 Å². The molecule has 0 aliphatic rings. The highest BCUT2D eigenvalue weighted by molar-refractivity contribution is 9.10. The number of amides is 1. The lowest BCUT2D eigenvalue weighted by Gasteiger charge is -2.17. The van der Waals surface area contributed by atoms with Crippen LogP contribution in [0.3, 0.4) is 0 Å². The maximum Gasteiger partial charge on any atom is 0.293 e. The van der Waals surface area contributed by atoms with Crippen molar-refractivity contribution in [2.24, 2.45) is 0 Å². The maximum atomic E-state index is 12.2. The van der Waals surface area contributed by atoms with Crippen molar-refractivity contribution in [2.45, 2.75) is 13.5 Å². The van der Waals surface area contributed by atoms with Gasteiger partial charge in [-0.1, -0.05) is 40.2 Å². The Bertz CT molecular complexity index is 747. The van der Waals surface area contributed by atoms with Crippen molar-refractivity contribution >= 4 is 33.2 Å². The average molecular weight is 392 g/mol. The number of nitrogens with zero attached hydrogens (tertiary/aromatic N) is 2. The number of likely N-dealkylation sites (N-methyl/N-ethyl adjacent to an activating group) is 1. The van der Waals surface area contributed by atoms with Gasteiger partial charge in [-0.25, -0.2) is 0 Å².